The molecular formula is C18H21N. The van der Waals surface area contributed by atoms with E-state index in [0.717, 1.165) is 6.54 Å². The van der Waals surface area contributed by atoms with Crippen molar-refractivity contribution in [2.24, 2.45) is 0 Å². The molecule has 98 valence electrons. The van der Waals surface area contributed by atoms with E-state index in [0.29, 0.717) is 12.0 Å². The van der Waals surface area contributed by atoms with E-state index in [1.165, 1.54) is 22.3 Å². The third-order valence-corrected chi connectivity index (χ3v) is 4.28. The van der Waals surface area contributed by atoms with Gasteiger partial charge >= 0.3 is 0 Å². The predicted octanol–water partition coefficient (Wildman–Crippen LogP) is 4.13. The Bertz CT molecular complexity index is 573. The van der Waals surface area contributed by atoms with E-state index in [9.17, 15) is 0 Å². The predicted molar refractivity (Wildman–Crippen MR) is 80.5 cm³/mol. The van der Waals surface area contributed by atoms with Crippen LogP contribution in [-0.4, -0.2) is 18.5 Å². The van der Waals surface area contributed by atoms with E-state index >= 15 is 0 Å². The standard InChI is InChI=1S/C18H21N/c1-13-8-7-11-16-14(2)12-19(3)18(17(13)16)15-9-5-4-6-10-15/h4-11,14,18H,12H2,1-3H3. The summed E-state index contributed by atoms with van der Waals surface area (Å²) in [5, 5.41) is 0. The van der Waals surface area contributed by atoms with Gasteiger partial charge in [-0.2, -0.15) is 0 Å². The molecule has 0 fully saturated rings. The second kappa shape index (κ2) is 4.82. The SMILES string of the molecule is Cc1cccc2c1C(c1ccccc1)N(C)CC2C. The lowest BCUT2D eigenvalue weighted by molar-refractivity contribution is 0.243. The number of hydrogen-bond acceptors (Lipinski definition) is 1. The largest absolute Gasteiger partial charge is 0.295 e. The molecule has 0 saturated carbocycles. The first-order valence-electron chi connectivity index (χ1n) is 7.03. The summed E-state index contributed by atoms with van der Waals surface area (Å²) in [6.07, 6.45) is 0. The Balaban J connectivity index is 2.18. The van der Waals surface area contributed by atoms with Crippen LogP contribution in [0.15, 0.2) is 48.5 Å². The fraction of sp³-hybridized carbons (Fsp3) is 0.333. The van der Waals surface area contributed by atoms with E-state index < -0.39 is 0 Å². The summed E-state index contributed by atoms with van der Waals surface area (Å²) in [5.41, 5.74) is 5.83. The molecule has 0 aromatic heterocycles. The van der Waals surface area contributed by atoms with Crippen LogP contribution in [0.1, 0.15) is 41.1 Å². The first kappa shape index (κ1) is 12.4. The van der Waals surface area contributed by atoms with Crippen LogP contribution in [0.2, 0.25) is 0 Å². The number of hydrogen-bond donors (Lipinski definition) is 0. The normalized spacial score (nSPS) is 23.1. The molecule has 1 aliphatic heterocycles. The molecule has 2 aromatic rings. The average Bonchev–Trinajstić information content (AvgIpc) is 2.41. The van der Waals surface area contributed by atoms with Crippen molar-refractivity contribution in [3.8, 4) is 0 Å². The number of benzene rings is 2. The summed E-state index contributed by atoms with van der Waals surface area (Å²) in [6, 6.07) is 18.0. The summed E-state index contributed by atoms with van der Waals surface area (Å²) in [7, 11) is 2.24. The van der Waals surface area contributed by atoms with Gasteiger partial charge in [-0.25, -0.2) is 0 Å². The number of aryl methyl sites for hydroxylation is 1. The quantitative estimate of drug-likeness (QED) is 0.736. The van der Waals surface area contributed by atoms with Crippen molar-refractivity contribution in [1.82, 2.24) is 4.90 Å². The molecule has 2 aromatic carbocycles. The summed E-state index contributed by atoms with van der Waals surface area (Å²) >= 11 is 0. The zero-order valence-electron chi connectivity index (χ0n) is 11.9. The minimum atomic E-state index is 0.397. The highest BCUT2D eigenvalue weighted by atomic mass is 15.1. The number of nitrogens with zero attached hydrogens (tertiary/aromatic N) is 1. The Morgan fingerprint density at radius 3 is 2.47 bits per heavy atom. The molecule has 19 heavy (non-hydrogen) atoms. The third kappa shape index (κ3) is 2.08. The molecule has 2 unspecified atom stereocenters. The van der Waals surface area contributed by atoms with Crippen molar-refractivity contribution in [2.75, 3.05) is 13.6 Å². The van der Waals surface area contributed by atoms with Crippen LogP contribution in [0.4, 0.5) is 0 Å². The number of likely N-dealkylation sites (N-methyl/N-ethyl adjacent to an activating group) is 1. The summed E-state index contributed by atoms with van der Waals surface area (Å²) in [6.45, 7) is 5.69. The highest BCUT2D eigenvalue weighted by Gasteiger charge is 2.30. The van der Waals surface area contributed by atoms with Gasteiger partial charge in [-0.15, -0.1) is 0 Å². The lowest BCUT2D eigenvalue weighted by Crippen LogP contribution is -2.35. The molecule has 0 spiro atoms. The monoisotopic (exact) mass is 251 g/mol. The van der Waals surface area contributed by atoms with Gasteiger partial charge in [-0.1, -0.05) is 55.5 Å². The molecule has 1 nitrogen and oxygen atoms in total. The van der Waals surface area contributed by atoms with Crippen LogP contribution in [0.25, 0.3) is 0 Å². The van der Waals surface area contributed by atoms with Gasteiger partial charge in [0.1, 0.15) is 0 Å². The Hall–Kier alpha value is -1.60. The van der Waals surface area contributed by atoms with Crippen molar-refractivity contribution in [3.63, 3.8) is 0 Å². The maximum Gasteiger partial charge on any atom is 0.0604 e. The van der Waals surface area contributed by atoms with E-state index in [4.69, 9.17) is 0 Å². The molecule has 2 atom stereocenters. The summed E-state index contributed by atoms with van der Waals surface area (Å²) < 4.78 is 0. The molecular weight excluding hydrogens is 230 g/mol. The van der Waals surface area contributed by atoms with Gasteiger partial charge in [-0.3, -0.25) is 4.90 Å². The van der Waals surface area contributed by atoms with Crippen molar-refractivity contribution in [3.05, 3.63) is 70.8 Å². The Labute approximate surface area is 115 Å². The topological polar surface area (TPSA) is 3.24 Å². The Kier molecular flexibility index (Phi) is 3.16. The zero-order valence-corrected chi connectivity index (χ0v) is 11.9. The van der Waals surface area contributed by atoms with Crippen LogP contribution in [0.3, 0.4) is 0 Å². The van der Waals surface area contributed by atoms with Gasteiger partial charge in [0.25, 0.3) is 0 Å². The second-order valence-corrected chi connectivity index (χ2v) is 5.73. The summed E-state index contributed by atoms with van der Waals surface area (Å²) in [5.74, 6) is 0.611. The maximum absolute atomic E-state index is 2.48. The van der Waals surface area contributed by atoms with Crippen molar-refractivity contribution < 1.29 is 0 Å². The molecule has 0 bridgehead atoms. The van der Waals surface area contributed by atoms with Gasteiger partial charge in [0.15, 0.2) is 0 Å². The molecule has 1 aliphatic rings. The van der Waals surface area contributed by atoms with Crippen LogP contribution < -0.4 is 0 Å². The molecule has 0 amide bonds. The first-order valence-corrected chi connectivity index (χ1v) is 7.03. The molecule has 0 saturated heterocycles. The van der Waals surface area contributed by atoms with Gasteiger partial charge in [-0.05, 0) is 42.1 Å². The van der Waals surface area contributed by atoms with Crippen LogP contribution in [0, 0.1) is 6.92 Å². The van der Waals surface area contributed by atoms with Crippen molar-refractivity contribution >= 4 is 0 Å². The lowest BCUT2D eigenvalue weighted by Gasteiger charge is -2.39. The van der Waals surface area contributed by atoms with E-state index in [2.05, 4.69) is 74.3 Å². The molecule has 0 N–H and O–H groups in total. The second-order valence-electron chi connectivity index (χ2n) is 5.73. The van der Waals surface area contributed by atoms with Gasteiger partial charge in [0.2, 0.25) is 0 Å². The van der Waals surface area contributed by atoms with Gasteiger partial charge < -0.3 is 0 Å². The Morgan fingerprint density at radius 1 is 1.00 bits per heavy atom. The summed E-state index contributed by atoms with van der Waals surface area (Å²) in [4.78, 5) is 2.48. The van der Waals surface area contributed by atoms with Gasteiger partial charge in [0.05, 0.1) is 6.04 Å². The van der Waals surface area contributed by atoms with Crippen molar-refractivity contribution in [1.29, 1.82) is 0 Å². The highest BCUT2D eigenvalue weighted by Crippen LogP contribution is 2.40. The number of rotatable bonds is 1. The van der Waals surface area contributed by atoms with Crippen LogP contribution >= 0.6 is 0 Å². The van der Waals surface area contributed by atoms with E-state index in [-0.39, 0.29) is 0 Å². The first-order chi connectivity index (χ1) is 9.18. The molecule has 1 heterocycles. The number of fused-ring (bicyclic) bond motifs is 1. The fourth-order valence-electron chi connectivity index (χ4n) is 3.42. The van der Waals surface area contributed by atoms with Crippen LogP contribution in [0.5, 0.6) is 0 Å². The minimum Gasteiger partial charge on any atom is -0.295 e. The van der Waals surface area contributed by atoms with Crippen LogP contribution in [-0.2, 0) is 0 Å². The maximum atomic E-state index is 2.48. The lowest BCUT2D eigenvalue weighted by atomic mass is 9.81. The third-order valence-electron chi connectivity index (χ3n) is 4.28. The minimum absolute atomic E-state index is 0.397. The fourth-order valence-corrected chi connectivity index (χ4v) is 3.42. The molecule has 1 heteroatoms. The smallest absolute Gasteiger partial charge is 0.0604 e. The zero-order chi connectivity index (χ0) is 13.4. The average molecular weight is 251 g/mol. The molecule has 3 rings (SSSR count). The van der Waals surface area contributed by atoms with E-state index in [1.54, 1.807) is 0 Å². The highest BCUT2D eigenvalue weighted by molar-refractivity contribution is 5.45. The molecule has 0 aliphatic carbocycles. The van der Waals surface area contributed by atoms with Crippen molar-refractivity contribution in [2.45, 2.75) is 25.8 Å². The Morgan fingerprint density at radius 2 is 1.74 bits per heavy atom. The van der Waals surface area contributed by atoms with E-state index in [1.807, 2.05) is 0 Å². The van der Waals surface area contributed by atoms with Gasteiger partial charge in [0, 0.05) is 6.54 Å². The molecule has 0 radical (unpaired) electrons.